The molecule has 0 aromatic rings. The highest BCUT2D eigenvalue weighted by atomic mass is 32.2. The number of nitrogens with zero attached hydrogens (tertiary/aromatic N) is 1. The molecule has 0 saturated heterocycles. The SMILES string of the molecule is C[C@H]1C[C@@H](OS(C)(=O)=O)[C@@]2(CCC[N+]3=C2CCC3)[C@H](CCOC(=O)C(C)(C)C)[C@H]1O[Si](C)(C)C(C)(C)C. The van der Waals surface area contributed by atoms with Gasteiger partial charge < -0.3 is 9.16 Å². The van der Waals surface area contributed by atoms with Crippen LogP contribution in [-0.4, -0.2) is 71.2 Å². The third-order valence-electron chi connectivity index (χ3n) is 9.36. The first-order valence-corrected chi connectivity index (χ1v) is 18.9. The molecule has 9 heteroatoms. The van der Waals surface area contributed by atoms with Gasteiger partial charge in [-0.05, 0) is 64.1 Å². The topological polar surface area (TPSA) is 81.9 Å². The van der Waals surface area contributed by atoms with E-state index in [-0.39, 0.29) is 28.9 Å². The fourth-order valence-electron chi connectivity index (χ4n) is 6.54. The number of hydrogen-bond acceptors (Lipinski definition) is 6. The van der Waals surface area contributed by atoms with Crippen LogP contribution in [0.2, 0.25) is 18.1 Å². The summed E-state index contributed by atoms with van der Waals surface area (Å²) in [5.41, 5.74) is 0.333. The van der Waals surface area contributed by atoms with Gasteiger partial charge in [0.15, 0.2) is 14.0 Å². The zero-order chi connectivity index (χ0) is 28.0. The van der Waals surface area contributed by atoms with Crippen molar-refractivity contribution >= 4 is 30.1 Å². The van der Waals surface area contributed by atoms with Crippen molar-refractivity contribution in [3.8, 4) is 0 Å². The smallest absolute Gasteiger partial charge is 0.311 e. The first-order chi connectivity index (χ1) is 16.8. The van der Waals surface area contributed by atoms with Gasteiger partial charge in [0.25, 0.3) is 10.1 Å². The van der Waals surface area contributed by atoms with Gasteiger partial charge in [0, 0.05) is 25.2 Å². The summed E-state index contributed by atoms with van der Waals surface area (Å²) in [6, 6.07) is 0. The Balaban J connectivity index is 2.10. The number of carbonyl (C=O) groups is 1. The largest absolute Gasteiger partial charge is 0.465 e. The Kier molecular flexibility index (Phi) is 8.86. The molecule has 1 spiro atoms. The predicted molar refractivity (Wildman–Crippen MR) is 150 cm³/mol. The Morgan fingerprint density at radius 2 is 1.73 bits per heavy atom. The van der Waals surface area contributed by atoms with Gasteiger partial charge in [-0.15, -0.1) is 0 Å². The molecule has 0 unspecified atom stereocenters. The van der Waals surface area contributed by atoms with Crippen LogP contribution >= 0.6 is 0 Å². The molecular formula is C28H52NO6SSi+. The Morgan fingerprint density at radius 1 is 1.11 bits per heavy atom. The number of rotatable bonds is 7. The molecule has 0 aromatic heterocycles. The standard InChI is InChI=1S/C28H52NO6SSi/c1-20-19-23(34-36(8,31)32)28(15-12-17-29-16-11-13-22(28)29)21(14-18-33-25(30)26(2,3)4)24(20)35-37(9,10)27(5,6)7/h20-21,23-24H,11-19H2,1-10H3/q+1/t20-,21+,23+,24-,28-/m0/s1. The van der Waals surface area contributed by atoms with Crippen LogP contribution in [0.1, 0.15) is 87.0 Å². The molecule has 2 aliphatic heterocycles. The van der Waals surface area contributed by atoms with E-state index in [0.717, 1.165) is 38.8 Å². The number of ether oxygens (including phenoxy) is 1. The molecule has 214 valence electrons. The summed E-state index contributed by atoms with van der Waals surface area (Å²) in [5.74, 6) is -0.0945. The minimum Gasteiger partial charge on any atom is -0.465 e. The van der Waals surface area contributed by atoms with E-state index in [1.165, 1.54) is 12.0 Å². The van der Waals surface area contributed by atoms with Crippen LogP contribution in [0, 0.1) is 22.7 Å². The Hall–Kier alpha value is -0.773. The molecule has 3 aliphatic rings. The highest BCUT2D eigenvalue weighted by Gasteiger charge is 2.63. The van der Waals surface area contributed by atoms with Crippen LogP contribution in [0.5, 0.6) is 0 Å². The molecule has 7 nitrogen and oxygen atoms in total. The molecule has 0 bridgehead atoms. The van der Waals surface area contributed by atoms with Crippen molar-refractivity contribution in [2.24, 2.45) is 22.7 Å². The number of carbonyl (C=O) groups excluding carboxylic acids is 1. The predicted octanol–water partition coefficient (Wildman–Crippen LogP) is 5.38. The first kappa shape index (κ1) is 30.8. The fourth-order valence-corrected chi connectivity index (χ4v) is 8.64. The molecule has 1 saturated carbocycles. The zero-order valence-corrected chi connectivity index (χ0v) is 26.8. The van der Waals surface area contributed by atoms with Crippen molar-refractivity contribution in [2.75, 3.05) is 26.0 Å². The second kappa shape index (κ2) is 10.7. The highest BCUT2D eigenvalue weighted by Crippen LogP contribution is 2.56. The molecule has 0 aromatic carbocycles. The summed E-state index contributed by atoms with van der Waals surface area (Å²) in [4.78, 5) is 12.7. The Labute approximate surface area is 227 Å². The van der Waals surface area contributed by atoms with Crippen molar-refractivity contribution in [3.63, 3.8) is 0 Å². The average molecular weight is 559 g/mol. The Bertz CT molecular complexity index is 993. The van der Waals surface area contributed by atoms with E-state index >= 15 is 0 Å². The van der Waals surface area contributed by atoms with Gasteiger partial charge in [-0.1, -0.05) is 27.7 Å². The highest BCUT2D eigenvalue weighted by molar-refractivity contribution is 7.86. The summed E-state index contributed by atoms with van der Waals surface area (Å²) < 4.78 is 46.6. The van der Waals surface area contributed by atoms with Gasteiger partial charge in [-0.3, -0.25) is 8.98 Å². The first-order valence-electron chi connectivity index (χ1n) is 14.1. The van der Waals surface area contributed by atoms with Gasteiger partial charge in [-0.2, -0.15) is 8.42 Å². The molecule has 5 atom stereocenters. The van der Waals surface area contributed by atoms with Gasteiger partial charge in [0.1, 0.15) is 13.1 Å². The molecular weight excluding hydrogens is 506 g/mol. The summed E-state index contributed by atoms with van der Waals surface area (Å²) in [6.07, 6.45) is 5.87. The average Bonchev–Trinajstić information content (AvgIpc) is 3.21. The molecule has 37 heavy (non-hydrogen) atoms. The van der Waals surface area contributed by atoms with E-state index in [2.05, 4.69) is 45.4 Å². The van der Waals surface area contributed by atoms with Gasteiger partial charge in [-0.25, -0.2) is 4.58 Å². The lowest BCUT2D eigenvalue weighted by atomic mass is 9.54. The monoisotopic (exact) mass is 558 g/mol. The van der Waals surface area contributed by atoms with E-state index in [0.29, 0.717) is 19.4 Å². The summed E-state index contributed by atoms with van der Waals surface area (Å²) >= 11 is 0. The van der Waals surface area contributed by atoms with Gasteiger partial charge in [0.2, 0.25) is 0 Å². The molecule has 0 N–H and O–H groups in total. The molecule has 1 fully saturated rings. The van der Waals surface area contributed by atoms with E-state index in [1.54, 1.807) is 0 Å². The van der Waals surface area contributed by atoms with Crippen molar-refractivity contribution in [3.05, 3.63) is 0 Å². The molecule has 0 radical (unpaired) electrons. The van der Waals surface area contributed by atoms with Gasteiger partial charge >= 0.3 is 5.97 Å². The van der Waals surface area contributed by atoms with Crippen LogP contribution < -0.4 is 0 Å². The second-order valence-electron chi connectivity index (χ2n) is 14.3. The summed E-state index contributed by atoms with van der Waals surface area (Å²) in [6.45, 7) is 21.4. The zero-order valence-electron chi connectivity index (χ0n) is 25.0. The minimum absolute atomic E-state index is 0.000735. The van der Waals surface area contributed by atoms with Crippen molar-refractivity contribution in [1.82, 2.24) is 0 Å². The summed E-state index contributed by atoms with van der Waals surface area (Å²) in [7, 11) is -5.79. The fraction of sp³-hybridized carbons (Fsp3) is 0.929. The summed E-state index contributed by atoms with van der Waals surface area (Å²) in [5, 5.41) is 0.0440. The van der Waals surface area contributed by atoms with E-state index < -0.39 is 35.4 Å². The van der Waals surface area contributed by atoms with Crippen LogP contribution in [0.15, 0.2) is 0 Å². The molecule has 2 heterocycles. The number of esters is 1. The molecule has 3 rings (SSSR count). The molecule has 0 amide bonds. The molecule has 1 aliphatic carbocycles. The number of hydrogen-bond donors (Lipinski definition) is 0. The maximum absolute atomic E-state index is 12.7. The van der Waals surface area contributed by atoms with E-state index in [9.17, 15) is 13.2 Å². The second-order valence-corrected chi connectivity index (χ2v) is 20.7. The van der Waals surface area contributed by atoms with Gasteiger partial charge in [0.05, 0.1) is 35.9 Å². The van der Waals surface area contributed by atoms with E-state index in [4.69, 9.17) is 13.3 Å². The van der Waals surface area contributed by atoms with E-state index in [1.807, 2.05) is 20.8 Å². The lowest BCUT2D eigenvalue weighted by molar-refractivity contribution is -0.531. The van der Waals surface area contributed by atoms with Crippen LogP contribution in [0.3, 0.4) is 0 Å². The van der Waals surface area contributed by atoms with Crippen molar-refractivity contribution < 1.29 is 31.1 Å². The minimum atomic E-state index is -3.65. The lowest BCUT2D eigenvalue weighted by Gasteiger charge is -2.56. The third kappa shape index (κ3) is 6.52. The maximum Gasteiger partial charge on any atom is 0.311 e. The maximum atomic E-state index is 12.7. The van der Waals surface area contributed by atoms with Crippen LogP contribution in [-0.2, 0) is 28.3 Å². The number of fused-ring (bicyclic) bond motifs is 1. The normalized spacial score (nSPS) is 31.5. The lowest BCUT2D eigenvalue weighted by Crippen LogP contribution is -2.63. The van der Waals surface area contributed by atoms with Crippen molar-refractivity contribution in [2.45, 2.75) is 117 Å². The Morgan fingerprint density at radius 3 is 2.30 bits per heavy atom. The quantitative estimate of drug-likeness (QED) is 0.180. The third-order valence-corrected chi connectivity index (χ3v) is 14.4. The van der Waals surface area contributed by atoms with Crippen LogP contribution in [0.25, 0.3) is 0 Å². The van der Waals surface area contributed by atoms with Crippen molar-refractivity contribution in [1.29, 1.82) is 0 Å². The van der Waals surface area contributed by atoms with Crippen LogP contribution in [0.4, 0.5) is 0 Å².